The third kappa shape index (κ3) is 4.02. The number of carbonyl (C=O) groups is 1. The average molecular weight is 688 g/mol. The molecular formula is C43H41N7O2. The summed E-state index contributed by atoms with van der Waals surface area (Å²) >= 11 is 0. The van der Waals surface area contributed by atoms with Crippen molar-refractivity contribution in [2.24, 2.45) is 41.2 Å². The normalized spacial score (nSPS) is 33.3. The number of nitrogens with two attached hydrogens (primary N) is 1. The summed E-state index contributed by atoms with van der Waals surface area (Å²) < 4.78 is 7.00. The standard InChI is InChI=1S/C43H41N7O2/c44-43(51)22-3-1-20(2-4-22)42-37-25-16-27(40(37)39-29-19-46-50-31(29)12-14-33(39)48-42)34(17-25)52-26-9-7-21(8-10-26)41-36-24-6-5-23(15-24)35(36)38-28-18-45-49-30(28)11-13-32(38)47-41/h1-4,7-14,18-19,23-25,27,34-37,40-42,47-48H,5-6,15-17H2,(H2,44,51)(H,45,49)(H,46,50)/t23?,24?,25?,27?,34?,35-,36+,37+,40-,41-,42-/m0/s1. The van der Waals surface area contributed by atoms with Gasteiger partial charge in [-0.1, -0.05) is 24.3 Å². The number of nitrogens with zero attached hydrogens (tertiary/aromatic N) is 2. The molecule has 5 unspecified atom stereocenters. The number of carbonyl (C=O) groups excluding carboxylic acids is 1. The van der Waals surface area contributed by atoms with E-state index in [1.54, 1.807) is 0 Å². The third-order valence-electron chi connectivity index (χ3n) is 14.5. The Kier molecular flexibility index (Phi) is 5.98. The molecule has 9 nitrogen and oxygen atoms in total. The first-order valence-corrected chi connectivity index (χ1v) is 19.2. The van der Waals surface area contributed by atoms with Crippen LogP contribution in [0.25, 0.3) is 21.8 Å². The predicted molar refractivity (Wildman–Crippen MR) is 200 cm³/mol. The fourth-order valence-electron chi connectivity index (χ4n) is 12.6. The molecule has 12 rings (SSSR count). The van der Waals surface area contributed by atoms with Crippen molar-refractivity contribution >= 4 is 39.1 Å². The second kappa shape index (κ2) is 10.6. The molecule has 4 bridgehead atoms. The van der Waals surface area contributed by atoms with Crippen LogP contribution in [0.15, 0.2) is 85.2 Å². The van der Waals surface area contributed by atoms with Gasteiger partial charge in [0.2, 0.25) is 5.91 Å². The summed E-state index contributed by atoms with van der Waals surface area (Å²) in [4.78, 5) is 11.8. The molecule has 52 heavy (non-hydrogen) atoms. The number of amides is 1. The number of hydrogen-bond donors (Lipinski definition) is 5. The first kappa shape index (κ1) is 29.3. The highest BCUT2D eigenvalue weighted by atomic mass is 16.5. The Morgan fingerprint density at radius 3 is 1.90 bits per heavy atom. The summed E-state index contributed by atoms with van der Waals surface area (Å²) in [6, 6.07) is 26.2. The predicted octanol–water partition coefficient (Wildman–Crippen LogP) is 8.19. The quantitative estimate of drug-likeness (QED) is 0.124. The van der Waals surface area contributed by atoms with Gasteiger partial charge in [-0.15, -0.1) is 0 Å². The maximum absolute atomic E-state index is 11.8. The van der Waals surface area contributed by atoms with Gasteiger partial charge in [-0.2, -0.15) is 10.2 Å². The minimum atomic E-state index is -0.396. The summed E-state index contributed by atoms with van der Waals surface area (Å²) in [6.45, 7) is 0. The van der Waals surface area contributed by atoms with Crippen molar-refractivity contribution in [1.29, 1.82) is 0 Å². The van der Waals surface area contributed by atoms with E-state index in [-0.39, 0.29) is 12.1 Å². The molecule has 2 aromatic heterocycles. The Morgan fingerprint density at radius 2 is 1.25 bits per heavy atom. The van der Waals surface area contributed by atoms with Gasteiger partial charge < -0.3 is 21.1 Å². The number of anilines is 2. The molecule has 4 heterocycles. The summed E-state index contributed by atoms with van der Waals surface area (Å²) in [5, 5.41) is 25.7. The van der Waals surface area contributed by atoms with Crippen molar-refractivity contribution in [2.75, 3.05) is 10.6 Å². The SMILES string of the molecule is NC(=O)c1ccc([C@@H]2Nc3ccc4[nH]ncc4c3[C@H]3C4CC(CC4Oc4ccc([C@@H]5Nc6ccc7[nH]ncc7c6[C@H]6C7CCC(C7)[C@@H]56)cc4)[C@@H]23)cc1. The number of rotatable bonds is 5. The lowest BCUT2D eigenvalue weighted by molar-refractivity contribution is 0.0922. The highest BCUT2D eigenvalue weighted by Crippen LogP contribution is 2.66. The van der Waals surface area contributed by atoms with Crippen molar-refractivity contribution in [3.8, 4) is 5.75 Å². The number of benzene rings is 4. The van der Waals surface area contributed by atoms with E-state index in [9.17, 15) is 4.79 Å². The number of nitrogens with one attached hydrogen (secondary N) is 4. The lowest BCUT2D eigenvalue weighted by Gasteiger charge is -2.45. The summed E-state index contributed by atoms with van der Waals surface area (Å²) in [6.07, 6.45) is 10.4. The molecule has 6 aromatic rings. The highest BCUT2D eigenvalue weighted by Gasteiger charge is 2.59. The van der Waals surface area contributed by atoms with Gasteiger partial charge in [0.15, 0.2) is 0 Å². The Labute approximate surface area is 301 Å². The number of ether oxygens (including phenoxy) is 1. The molecular weight excluding hydrogens is 647 g/mol. The lowest BCUT2D eigenvalue weighted by Crippen LogP contribution is -2.41. The largest absolute Gasteiger partial charge is 0.490 e. The van der Waals surface area contributed by atoms with Crippen molar-refractivity contribution < 1.29 is 9.53 Å². The van der Waals surface area contributed by atoms with Crippen LogP contribution in [0.5, 0.6) is 5.75 Å². The number of primary amides is 1. The molecule has 0 radical (unpaired) electrons. The van der Waals surface area contributed by atoms with Crippen molar-refractivity contribution in [3.05, 3.63) is 113 Å². The number of fused-ring (bicyclic) bond motifs is 18. The van der Waals surface area contributed by atoms with E-state index in [1.807, 2.05) is 24.5 Å². The third-order valence-corrected chi connectivity index (χ3v) is 14.5. The Hall–Kier alpha value is -5.31. The maximum atomic E-state index is 11.8. The molecule has 0 spiro atoms. The molecule has 1 amide bonds. The zero-order valence-electron chi connectivity index (χ0n) is 28.8. The first-order valence-electron chi connectivity index (χ1n) is 19.2. The molecule has 4 aliphatic carbocycles. The number of aromatic amines is 2. The fourth-order valence-corrected chi connectivity index (χ4v) is 12.6. The minimum Gasteiger partial charge on any atom is -0.490 e. The van der Waals surface area contributed by atoms with E-state index in [0.717, 1.165) is 41.5 Å². The van der Waals surface area contributed by atoms with E-state index < -0.39 is 5.91 Å². The molecule has 4 fully saturated rings. The van der Waals surface area contributed by atoms with Crippen LogP contribution in [-0.2, 0) is 0 Å². The summed E-state index contributed by atoms with van der Waals surface area (Å²) in [7, 11) is 0. The maximum Gasteiger partial charge on any atom is 0.248 e. The fraction of sp³-hybridized carbons (Fsp3) is 0.372. The average Bonchev–Trinajstić information content (AvgIpc) is 4.04. The van der Waals surface area contributed by atoms with E-state index in [2.05, 4.69) is 91.7 Å². The van der Waals surface area contributed by atoms with Gasteiger partial charge in [0.25, 0.3) is 0 Å². The molecule has 4 aromatic carbocycles. The van der Waals surface area contributed by atoms with Gasteiger partial charge in [-0.25, -0.2) is 0 Å². The molecule has 0 saturated heterocycles. The zero-order chi connectivity index (χ0) is 34.2. The van der Waals surface area contributed by atoms with Crippen LogP contribution >= 0.6 is 0 Å². The van der Waals surface area contributed by atoms with Crippen LogP contribution in [0.1, 0.15) is 88.6 Å². The second-order valence-corrected chi connectivity index (χ2v) is 16.6. The van der Waals surface area contributed by atoms with Crippen molar-refractivity contribution in [3.63, 3.8) is 0 Å². The minimum absolute atomic E-state index is 0.145. The van der Waals surface area contributed by atoms with E-state index >= 15 is 0 Å². The molecule has 11 atom stereocenters. The summed E-state index contributed by atoms with van der Waals surface area (Å²) in [5.74, 6) is 4.95. The van der Waals surface area contributed by atoms with Crippen molar-refractivity contribution in [2.45, 2.75) is 62.1 Å². The van der Waals surface area contributed by atoms with Crippen LogP contribution in [-0.4, -0.2) is 32.4 Å². The number of aromatic nitrogens is 4. The highest BCUT2D eigenvalue weighted by molar-refractivity contribution is 5.93. The second-order valence-electron chi connectivity index (χ2n) is 16.6. The molecule has 4 saturated carbocycles. The van der Waals surface area contributed by atoms with Crippen LogP contribution in [0.3, 0.4) is 0 Å². The summed E-state index contributed by atoms with van der Waals surface area (Å²) in [5.41, 5.74) is 16.2. The van der Waals surface area contributed by atoms with Gasteiger partial charge in [0.05, 0.1) is 35.5 Å². The smallest absolute Gasteiger partial charge is 0.248 e. The molecule has 260 valence electrons. The van der Waals surface area contributed by atoms with Crippen LogP contribution in [0, 0.1) is 35.5 Å². The molecule has 6 N–H and O–H groups in total. The van der Waals surface area contributed by atoms with E-state index in [0.29, 0.717) is 47.1 Å². The monoisotopic (exact) mass is 687 g/mol. The van der Waals surface area contributed by atoms with E-state index in [1.165, 1.54) is 63.7 Å². The van der Waals surface area contributed by atoms with Gasteiger partial charge in [-0.05, 0) is 144 Å². The number of hydrogen-bond acceptors (Lipinski definition) is 6. The van der Waals surface area contributed by atoms with Gasteiger partial charge in [-0.3, -0.25) is 15.0 Å². The first-order chi connectivity index (χ1) is 25.6. The topological polar surface area (TPSA) is 134 Å². The Morgan fingerprint density at radius 1 is 0.654 bits per heavy atom. The van der Waals surface area contributed by atoms with Crippen LogP contribution < -0.4 is 21.1 Å². The Balaban J connectivity index is 0.848. The van der Waals surface area contributed by atoms with Crippen LogP contribution in [0.4, 0.5) is 11.4 Å². The Bertz CT molecular complexity index is 2400. The van der Waals surface area contributed by atoms with Gasteiger partial charge >= 0.3 is 0 Å². The van der Waals surface area contributed by atoms with E-state index in [4.69, 9.17) is 10.5 Å². The number of H-pyrrole nitrogens is 2. The van der Waals surface area contributed by atoms with Crippen molar-refractivity contribution in [1.82, 2.24) is 20.4 Å². The lowest BCUT2D eigenvalue weighted by atomic mass is 9.66. The molecule has 2 aliphatic heterocycles. The molecule has 6 aliphatic rings. The van der Waals surface area contributed by atoms with Gasteiger partial charge in [0.1, 0.15) is 11.9 Å². The zero-order valence-corrected chi connectivity index (χ0v) is 28.8. The van der Waals surface area contributed by atoms with Crippen LogP contribution in [0.2, 0.25) is 0 Å². The molecule has 9 heteroatoms. The van der Waals surface area contributed by atoms with Gasteiger partial charge in [0, 0.05) is 33.6 Å².